The second kappa shape index (κ2) is 7.10. The summed E-state index contributed by atoms with van der Waals surface area (Å²) in [5.74, 6) is 0.347. The van der Waals surface area contributed by atoms with Crippen LogP contribution in [0.3, 0.4) is 0 Å². The normalized spacial score (nSPS) is 22.8. The van der Waals surface area contributed by atoms with Crippen molar-refractivity contribution < 1.29 is 9.59 Å². The van der Waals surface area contributed by atoms with E-state index in [4.69, 9.17) is 0 Å². The third-order valence-corrected chi connectivity index (χ3v) is 5.92. The fraction of sp³-hybridized carbons (Fsp3) is 0.455. The van der Waals surface area contributed by atoms with Crippen LogP contribution in [0.4, 0.5) is 0 Å². The van der Waals surface area contributed by atoms with Gasteiger partial charge in [0.2, 0.25) is 11.8 Å². The third-order valence-electron chi connectivity index (χ3n) is 5.92. The summed E-state index contributed by atoms with van der Waals surface area (Å²) in [6, 6.07) is 14.7. The molecule has 4 nitrogen and oxygen atoms in total. The molecule has 4 rings (SSSR count). The summed E-state index contributed by atoms with van der Waals surface area (Å²) in [5.41, 5.74) is 0.954. The van der Waals surface area contributed by atoms with Gasteiger partial charge in [0.1, 0.15) is 0 Å². The highest BCUT2D eigenvalue weighted by molar-refractivity contribution is 5.86. The minimum absolute atomic E-state index is 0.110. The molecule has 0 radical (unpaired) electrons. The highest BCUT2D eigenvalue weighted by Gasteiger charge is 2.38. The number of carbonyl (C=O) groups excluding carboxylic acids is 2. The van der Waals surface area contributed by atoms with Gasteiger partial charge < -0.3 is 10.2 Å². The zero-order valence-corrected chi connectivity index (χ0v) is 15.2. The molecule has 0 spiro atoms. The number of amides is 2. The maximum atomic E-state index is 12.5. The van der Waals surface area contributed by atoms with Crippen molar-refractivity contribution in [3.05, 3.63) is 48.0 Å². The van der Waals surface area contributed by atoms with Crippen LogP contribution in [0.15, 0.2) is 42.5 Å². The van der Waals surface area contributed by atoms with Gasteiger partial charge in [0.15, 0.2) is 0 Å². The van der Waals surface area contributed by atoms with Crippen LogP contribution in [0.5, 0.6) is 0 Å². The first-order chi connectivity index (χ1) is 12.7. The van der Waals surface area contributed by atoms with Crippen LogP contribution in [-0.2, 0) is 16.0 Å². The van der Waals surface area contributed by atoms with Crippen molar-refractivity contribution in [3.8, 4) is 0 Å². The van der Waals surface area contributed by atoms with Crippen LogP contribution < -0.4 is 5.32 Å². The minimum atomic E-state index is -0.295. The largest absolute Gasteiger partial charge is 0.350 e. The second-order valence-electron chi connectivity index (χ2n) is 7.73. The number of fused-ring (bicyclic) bond motifs is 1. The Morgan fingerprint density at radius 3 is 2.62 bits per heavy atom. The van der Waals surface area contributed by atoms with Crippen molar-refractivity contribution in [1.29, 1.82) is 0 Å². The van der Waals surface area contributed by atoms with Gasteiger partial charge >= 0.3 is 0 Å². The maximum absolute atomic E-state index is 12.5. The Bertz CT molecular complexity index is 821. The highest BCUT2D eigenvalue weighted by atomic mass is 16.2. The van der Waals surface area contributed by atoms with Crippen molar-refractivity contribution >= 4 is 22.6 Å². The molecule has 0 unspecified atom stereocenters. The van der Waals surface area contributed by atoms with Crippen LogP contribution in [0.1, 0.15) is 44.1 Å². The van der Waals surface area contributed by atoms with Crippen LogP contribution in [0.25, 0.3) is 10.8 Å². The Labute approximate surface area is 154 Å². The number of rotatable bonds is 5. The summed E-state index contributed by atoms with van der Waals surface area (Å²) in [6.45, 7) is 1.78. The topological polar surface area (TPSA) is 49.4 Å². The van der Waals surface area contributed by atoms with Gasteiger partial charge in [-0.15, -0.1) is 0 Å². The lowest BCUT2D eigenvalue weighted by atomic mass is 9.83. The van der Waals surface area contributed by atoms with E-state index in [1.807, 2.05) is 11.0 Å². The van der Waals surface area contributed by atoms with Crippen LogP contribution in [0.2, 0.25) is 0 Å². The summed E-state index contributed by atoms with van der Waals surface area (Å²) in [4.78, 5) is 26.5. The molecule has 2 aromatic carbocycles. The monoisotopic (exact) mass is 350 g/mol. The van der Waals surface area contributed by atoms with Gasteiger partial charge in [-0.25, -0.2) is 0 Å². The van der Waals surface area contributed by atoms with Gasteiger partial charge in [-0.3, -0.25) is 9.59 Å². The molecule has 2 aliphatic heterocycles. The van der Waals surface area contributed by atoms with E-state index >= 15 is 0 Å². The number of nitrogens with one attached hydrogen (secondary N) is 1. The first-order valence-electron chi connectivity index (χ1n) is 9.71. The third kappa shape index (κ3) is 3.46. The van der Waals surface area contributed by atoms with Crippen molar-refractivity contribution in [2.24, 2.45) is 0 Å². The Morgan fingerprint density at radius 2 is 1.85 bits per heavy atom. The molecule has 4 heteroatoms. The van der Waals surface area contributed by atoms with Gasteiger partial charge in [-0.2, -0.15) is 0 Å². The Hall–Kier alpha value is -2.36. The molecule has 1 N–H and O–H groups in total. The molecule has 2 heterocycles. The van der Waals surface area contributed by atoms with Crippen LogP contribution >= 0.6 is 0 Å². The molecule has 0 aromatic heterocycles. The molecule has 2 aliphatic rings. The number of nitrogens with zero attached hydrogens (tertiary/aromatic N) is 1. The van der Waals surface area contributed by atoms with E-state index < -0.39 is 0 Å². The van der Waals surface area contributed by atoms with Gasteiger partial charge in [0.05, 0.1) is 0 Å². The number of carbonyl (C=O) groups is 2. The summed E-state index contributed by atoms with van der Waals surface area (Å²) < 4.78 is 0. The number of hydrogen-bond donors (Lipinski definition) is 1. The number of likely N-dealkylation sites (tertiary alicyclic amines) is 1. The second-order valence-corrected chi connectivity index (χ2v) is 7.73. The molecule has 2 fully saturated rings. The zero-order chi connectivity index (χ0) is 18.0. The quantitative estimate of drug-likeness (QED) is 0.898. The van der Waals surface area contributed by atoms with E-state index in [0.29, 0.717) is 12.8 Å². The Morgan fingerprint density at radius 1 is 1.08 bits per heavy atom. The predicted molar refractivity (Wildman–Crippen MR) is 103 cm³/mol. The van der Waals surface area contributed by atoms with E-state index in [2.05, 4.69) is 41.7 Å². The summed E-state index contributed by atoms with van der Waals surface area (Å²) >= 11 is 0. The van der Waals surface area contributed by atoms with Crippen LogP contribution in [0, 0.1) is 0 Å². The van der Waals surface area contributed by atoms with Crippen molar-refractivity contribution in [1.82, 2.24) is 10.2 Å². The summed E-state index contributed by atoms with van der Waals surface area (Å²) in [5, 5.41) is 5.67. The highest BCUT2D eigenvalue weighted by Crippen LogP contribution is 2.32. The summed E-state index contributed by atoms with van der Waals surface area (Å²) in [7, 11) is 0. The van der Waals surface area contributed by atoms with Crippen molar-refractivity contribution in [3.63, 3.8) is 0 Å². The van der Waals surface area contributed by atoms with Gasteiger partial charge in [0.25, 0.3) is 0 Å². The van der Waals surface area contributed by atoms with E-state index in [-0.39, 0.29) is 17.4 Å². The molecule has 2 saturated heterocycles. The number of benzene rings is 2. The smallest absolute Gasteiger partial charge is 0.222 e. The average molecular weight is 350 g/mol. The zero-order valence-electron chi connectivity index (χ0n) is 15.2. The van der Waals surface area contributed by atoms with Crippen LogP contribution in [-0.4, -0.2) is 35.3 Å². The van der Waals surface area contributed by atoms with Gasteiger partial charge in [-0.05, 0) is 48.4 Å². The summed E-state index contributed by atoms with van der Waals surface area (Å²) in [6.07, 6.45) is 5.62. The number of hydrogen-bond acceptors (Lipinski definition) is 2. The maximum Gasteiger partial charge on any atom is 0.222 e. The molecule has 2 amide bonds. The first kappa shape index (κ1) is 17.1. The molecule has 0 bridgehead atoms. The van der Waals surface area contributed by atoms with Gasteiger partial charge in [0, 0.05) is 31.5 Å². The SMILES string of the molecule is O=C1CC[C@](CCC(=O)N2CCCC2)(Cc2cccc3ccccc23)N1. The van der Waals surface area contributed by atoms with Crippen molar-refractivity contribution in [2.45, 2.75) is 50.5 Å². The molecular weight excluding hydrogens is 324 g/mol. The molecule has 2 aromatic rings. The van der Waals surface area contributed by atoms with E-state index in [9.17, 15) is 9.59 Å². The Kier molecular flexibility index (Phi) is 4.66. The molecule has 1 atom stereocenters. The predicted octanol–water partition coefficient (Wildman–Crippen LogP) is 3.43. The fourth-order valence-corrected chi connectivity index (χ4v) is 4.46. The lowest BCUT2D eigenvalue weighted by Crippen LogP contribution is -2.44. The van der Waals surface area contributed by atoms with E-state index in [1.54, 1.807) is 0 Å². The first-order valence-corrected chi connectivity index (χ1v) is 9.71. The minimum Gasteiger partial charge on any atom is -0.350 e. The average Bonchev–Trinajstić information content (AvgIpc) is 3.31. The molecule has 26 heavy (non-hydrogen) atoms. The lowest BCUT2D eigenvalue weighted by Gasteiger charge is -2.30. The van der Waals surface area contributed by atoms with Gasteiger partial charge in [-0.1, -0.05) is 42.5 Å². The van der Waals surface area contributed by atoms with Crippen molar-refractivity contribution in [2.75, 3.05) is 13.1 Å². The molecule has 0 saturated carbocycles. The molecule has 0 aliphatic carbocycles. The fourth-order valence-electron chi connectivity index (χ4n) is 4.46. The lowest BCUT2D eigenvalue weighted by molar-refractivity contribution is -0.130. The van der Waals surface area contributed by atoms with E-state index in [0.717, 1.165) is 45.2 Å². The molecular formula is C22H26N2O2. The Balaban J connectivity index is 1.54. The standard InChI is InChI=1S/C22H26N2O2/c25-20-10-12-22(23-20,13-11-21(26)24-14-3-4-15-24)16-18-8-5-7-17-6-1-2-9-19(17)18/h1-2,5-9H,3-4,10-16H2,(H,23,25)/t22-/m0/s1. The van der Waals surface area contributed by atoms with E-state index in [1.165, 1.54) is 16.3 Å². The molecule has 136 valence electrons.